The molecule has 78 valence electrons. The van der Waals surface area contributed by atoms with E-state index < -0.39 is 0 Å². The molecule has 4 heteroatoms. The zero-order valence-corrected chi connectivity index (χ0v) is 8.53. The van der Waals surface area contributed by atoms with Crippen LogP contribution >= 0.6 is 0 Å². The van der Waals surface area contributed by atoms with Gasteiger partial charge in [-0.3, -0.25) is 4.90 Å². The van der Waals surface area contributed by atoms with Crippen molar-refractivity contribution in [1.82, 2.24) is 4.90 Å². The molecule has 1 aliphatic rings. The first-order valence-electron chi connectivity index (χ1n) is 4.82. The highest BCUT2D eigenvalue weighted by atomic mass is 16.5. The second kappa shape index (κ2) is 5.54. The maximum absolute atomic E-state index is 5.65. The molecule has 0 spiro atoms. The molecule has 2 atom stereocenters. The van der Waals surface area contributed by atoms with E-state index in [-0.39, 0.29) is 6.10 Å². The summed E-state index contributed by atoms with van der Waals surface area (Å²) in [7, 11) is 1.74. The summed E-state index contributed by atoms with van der Waals surface area (Å²) in [5.74, 6) is 0. The van der Waals surface area contributed by atoms with E-state index in [1.165, 1.54) is 0 Å². The highest BCUT2D eigenvalue weighted by Gasteiger charge is 2.22. The number of rotatable bonds is 4. The number of hydrogen-bond acceptors (Lipinski definition) is 4. The average molecular weight is 188 g/mol. The van der Waals surface area contributed by atoms with E-state index in [0.717, 1.165) is 26.3 Å². The van der Waals surface area contributed by atoms with Crippen molar-refractivity contribution in [2.75, 3.05) is 40.0 Å². The molecule has 1 fully saturated rings. The van der Waals surface area contributed by atoms with Crippen molar-refractivity contribution >= 4 is 0 Å². The lowest BCUT2D eigenvalue weighted by Crippen LogP contribution is -2.51. The standard InChI is InChI=1S/C9H20N2O2/c1-8(12-2)6-11-3-4-13-7-9(11)5-10/h8-9H,3-7,10H2,1-2H3. The fraction of sp³-hybridized carbons (Fsp3) is 1.00. The summed E-state index contributed by atoms with van der Waals surface area (Å²) in [4.78, 5) is 2.34. The van der Waals surface area contributed by atoms with E-state index in [1.54, 1.807) is 7.11 Å². The molecule has 0 radical (unpaired) electrons. The van der Waals surface area contributed by atoms with Gasteiger partial charge in [0.15, 0.2) is 0 Å². The van der Waals surface area contributed by atoms with E-state index in [4.69, 9.17) is 15.2 Å². The Hall–Kier alpha value is -0.160. The van der Waals surface area contributed by atoms with Crippen molar-refractivity contribution < 1.29 is 9.47 Å². The Morgan fingerprint density at radius 1 is 1.69 bits per heavy atom. The molecular formula is C9H20N2O2. The van der Waals surface area contributed by atoms with Gasteiger partial charge < -0.3 is 15.2 Å². The normalized spacial score (nSPS) is 27.5. The average Bonchev–Trinajstić information content (AvgIpc) is 2.18. The van der Waals surface area contributed by atoms with E-state index in [0.29, 0.717) is 12.6 Å². The summed E-state index contributed by atoms with van der Waals surface area (Å²) in [6, 6.07) is 0.367. The van der Waals surface area contributed by atoms with Crippen LogP contribution in [0, 0.1) is 0 Å². The molecule has 0 saturated carbocycles. The Bertz CT molecular complexity index is 144. The van der Waals surface area contributed by atoms with Gasteiger partial charge in [-0.25, -0.2) is 0 Å². The minimum atomic E-state index is 0.271. The van der Waals surface area contributed by atoms with Gasteiger partial charge in [-0.2, -0.15) is 0 Å². The first kappa shape index (κ1) is 10.9. The van der Waals surface area contributed by atoms with Gasteiger partial charge in [-0.15, -0.1) is 0 Å². The molecule has 0 aromatic rings. The molecule has 0 amide bonds. The Kier molecular flexibility index (Phi) is 4.66. The fourth-order valence-corrected chi connectivity index (χ4v) is 1.55. The SMILES string of the molecule is COC(C)CN1CCOCC1CN. The molecule has 0 aromatic heterocycles. The van der Waals surface area contributed by atoms with Crippen LogP contribution < -0.4 is 5.73 Å². The van der Waals surface area contributed by atoms with Crippen LogP contribution in [0.15, 0.2) is 0 Å². The van der Waals surface area contributed by atoms with E-state index in [2.05, 4.69) is 11.8 Å². The van der Waals surface area contributed by atoms with Crippen LogP contribution in [0.4, 0.5) is 0 Å². The highest BCUT2D eigenvalue weighted by Crippen LogP contribution is 2.07. The van der Waals surface area contributed by atoms with Crippen molar-refractivity contribution in [1.29, 1.82) is 0 Å². The number of ether oxygens (including phenoxy) is 2. The maximum Gasteiger partial charge on any atom is 0.0670 e. The number of morpholine rings is 1. The minimum Gasteiger partial charge on any atom is -0.380 e. The van der Waals surface area contributed by atoms with Crippen molar-refractivity contribution in [3.05, 3.63) is 0 Å². The molecule has 1 saturated heterocycles. The predicted molar refractivity (Wildman–Crippen MR) is 51.7 cm³/mol. The second-order valence-corrected chi connectivity index (χ2v) is 3.51. The van der Waals surface area contributed by atoms with Crippen LogP contribution in [-0.4, -0.2) is 57.0 Å². The van der Waals surface area contributed by atoms with Gasteiger partial charge in [0.25, 0.3) is 0 Å². The number of nitrogens with two attached hydrogens (primary N) is 1. The topological polar surface area (TPSA) is 47.7 Å². The Labute approximate surface area is 80.0 Å². The summed E-state index contributed by atoms with van der Waals surface area (Å²) in [6.07, 6.45) is 0.271. The maximum atomic E-state index is 5.65. The van der Waals surface area contributed by atoms with Crippen molar-refractivity contribution in [2.45, 2.75) is 19.1 Å². The Balaban J connectivity index is 2.35. The molecule has 1 rings (SSSR count). The number of nitrogens with zero attached hydrogens (tertiary/aromatic N) is 1. The zero-order valence-electron chi connectivity index (χ0n) is 8.53. The molecular weight excluding hydrogens is 168 g/mol. The number of methoxy groups -OCH3 is 1. The molecule has 0 bridgehead atoms. The molecule has 1 aliphatic heterocycles. The molecule has 0 aliphatic carbocycles. The summed E-state index contributed by atoms with van der Waals surface area (Å²) in [5, 5.41) is 0. The monoisotopic (exact) mass is 188 g/mol. The zero-order chi connectivity index (χ0) is 9.68. The smallest absolute Gasteiger partial charge is 0.0670 e. The predicted octanol–water partition coefficient (Wildman–Crippen LogP) is -0.319. The summed E-state index contributed by atoms with van der Waals surface area (Å²) in [5.41, 5.74) is 5.65. The third kappa shape index (κ3) is 3.23. The van der Waals surface area contributed by atoms with Crippen molar-refractivity contribution in [3.63, 3.8) is 0 Å². The van der Waals surface area contributed by atoms with E-state index in [1.807, 2.05) is 0 Å². The van der Waals surface area contributed by atoms with Crippen LogP contribution in [0.2, 0.25) is 0 Å². The third-order valence-corrected chi connectivity index (χ3v) is 2.52. The quantitative estimate of drug-likeness (QED) is 0.657. The van der Waals surface area contributed by atoms with Gasteiger partial charge in [0, 0.05) is 32.8 Å². The molecule has 1 heterocycles. The minimum absolute atomic E-state index is 0.271. The first-order valence-corrected chi connectivity index (χ1v) is 4.82. The van der Waals surface area contributed by atoms with Crippen LogP contribution in [0.5, 0.6) is 0 Å². The summed E-state index contributed by atoms with van der Waals surface area (Å²) >= 11 is 0. The number of hydrogen-bond donors (Lipinski definition) is 1. The molecule has 13 heavy (non-hydrogen) atoms. The van der Waals surface area contributed by atoms with Gasteiger partial charge in [0.2, 0.25) is 0 Å². The van der Waals surface area contributed by atoms with Gasteiger partial charge in [-0.1, -0.05) is 0 Å². The highest BCUT2D eigenvalue weighted by molar-refractivity contribution is 4.77. The van der Waals surface area contributed by atoms with Crippen LogP contribution in [0.1, 0.15) is 6.92 Å². The van der Waals surface area contributed by atoms with Crippen LogP contribution in [0.3, 0.4) is 0 Å². The summed E-state index contributed by atoms with van der Waals surface area (Å²) < 4.78 is 10.6. The third-order valence-electron chi connectivity index (χ3n) is 2.52. The molecule has 2 N–H and O–H groups in total. The van der Waals surface area contributed by atoms with Crippen LogP contribution in [0.25, 0.3) is 0 Å². The van der Waals surface area contributed by atoms with Gasteiger partial charge in [-0.05, 0) is 6.92 Å². The second-order valence-electron chi connectivity index (χ2n) is 3.51. The molecule has 0 aromatic carbocycles. The van der Waals surface area contributed by atoms with Gasteiger partial charge >= 0.3 is 0 Å². The summed E-state index contributed by atoms with van der Waals surface area (Å²) in [6.45, 7) is 6.22. The van der Waals surface area contributed by atoms with Crippen molar-refractivity contribution in [3.8, 4) is 0 Å². The lowest BCUT2D eigenvalue weighted by Gasteiger charge is -2.36. The first-order chi connectivity index (χ1) is 6.27. The fourth-order valence-electron chi connectivity index (χ4n) is 1.55. The van der Waals surface area contributed by atoms with Crippen LogP contribution in [-0.2, 0) is 9.47 Å². The van der Waals surface area contributed by atoms with Crippen molar-refractivity contribution in [2.24, 2.45) is 5.73 Å². The lowest BCUT2D eigenvalue weighted by atomic mass is 10.2. The Morgan fingerprint density at radius 3 is 3.08 bits per heavy atom. The molecule has 4 nitrogen and oxygen atoms in total. The largest absolute Gasteiger partial charge is 0.380 e. The lowest BCUT2D eigenvalue weighted by molar-refractivity contribution is -0.0271. The van der Waals surface area contributed by atoms with E-state index >= 15 is 0 Å². The Morgan fingerprint density at radius 2 is 2.46 bits per heavy atom. The van der Waals surface area contributed by atoms with Gasteiger partial charge in [0.1, 0.15) is 0 Å². The van der Waals surface area contributed by atoms with E-state index in [9.17, 15) is 0 Å². The molecule has 2 unspecified atom stereocenters. The van der Waals surface area contributed by atoms with Gasteiger partial charge in [0.05, 0.1) is 19.3 Å².